The number of H-pyrrole nitrogens is 2. The quantitative estimate of drug-likeness (QED) is 0.0936. The lowest BCUT2D eigenvalue weighted by molar-refractivity contribution is 0.0946. The third-order valence-electron chi connectivity index (χ3n) is 11.5. The van der Waals surface area contributed by atoms with Crippen LogP contribution in [0.3, 0.4) is 0 Å². The van der Waals surface area contributed by atoms with Crippen LogP contribution < -0.4 is 10.6 Å². The van der Waals surface area contributed by atoms with Crippen LogP contribution in [-0.2, 0) is 0 Å². The zero-order valence-electron chi connectivity index (χ0n) is 32.6. The Hall–Kier alpha value is -6.04. The Balaban J connectivity index is 0.000000172. The van der Waals surface area contributed by atoms with Crippen molar-refractivity contribution < 1.29 is 19.2 Å². The highest BCUT2D eigenvalue weighted by Crippen LogP contribution is 2.42. The second-order valence-corrected chi connectivity index (χ2v) is 15.5. The highest BCUT2D eigenvalue weighted by atomic mass is 16.2. The number of carbonyl (C=O) groups is 4. The number of hydrogen-bond acceptors (Lipinski definition) is 8. The molecule has 8 rings (SSSR count). The maximum Gasteiger partial charge on any atom is 0.269 e. The number of ketones is 2. The Morgan fingerprint density at radius 2 is 1.05 bits per heavy atom. The largest absolute Gasteiger partial charge is 0.360 e. The van der Waals surface area contributed by atoms with Gasteiger partial charge in [0, 0.05) is 96.8 Å². The number of hydrogen-bond donors (Lipinski definition) is 4. The van der Waals surface area contributed by atoms with Crippen molar-refractivity contribution in [2.45, 2.75) is 65.2 Å². The molecule has 2 amide bonds. The van der Waals surface area contributed by atoms with Gasteiger partial charge < -0.3 is 20.6 Å². The summed E-state index contributed by atoms with van der Waals surface area (Å²) in [7, 11) is 3.13. The van der Waals surface area contributed by atoms with Crippen molar-refractivity contribution in [2.24, 2.45) is 23.7 Å². The molecule has 0 unspecified atom stereocenters. The zero-order valence-corrected chi connectivity index (χ0v) is 32.6. The first-order chi connectivity index (χ1) is 26.9. The van der Waals surface area contributed by atoms with Crippen LogP contribution in [-0.4, -0.2) is 67.4 Å². The third-order valence-corrected chi connectivity index (χ3v) is 11.5. The molecule has 2 fully saturated rings. The number of aromatic nitrogens is 6. The first kappa shape index (κ1) is 38.2. The summed E-state index contributed by atoms with van der Waals surface area (Å²) in [6.45, 7) is 8.38. The fraction of sp³-hybridized carbons (Fsp3) is 0.364. The molecular weight excluding hydrogens is 705 g/mol. The predicted molar refractivity (Wildman–Crippen MR) is 215 cm³/mol. The molecule has 12 heteroatoms. The number of nitrogens with one attached hydrogen (secondary N) is 4. The molecule has 12 nitrogen and oxygen atoms in total. The van der Waals surface area contributed by atoms with E-state index >= 15 is 0 Å². The third kappa shape index (κ3) is 8.14. The second-order valence-electron chi connectivity index (χ2n) is 15.5. The highest BCUT2D eigenvalue weighted by Gasteiger charge is 2.35. The normalized spacial score (nSPS) is 19.4. The number of amides is 2. The number of pyridine rings is 4. The second kappa shape index (κ2) is 16.0. The lowest BCUT2D eigenvalue weighted by Crippen LogP contribution is -2.21. The maximum atomic E-state index is 12.8. The standard InChI is InChI=1S/2C22H24N4O2/c2*1-12-6-14(12)9-21(27)15-7-18(26-19(8-15)22(28)23-3)13(2)17-10-24-11-20-16(17)4-5-25-20/h2*4-5,7-8,10-14,25H,6,9H2,1-3H3,(H,23,28)/t12-,13+,14+;12-,13-,14+/m00/s1. The number of rotatable bonds is 12. The van der Waals surface area contributed by atoms with Gasteiger partial charge in [-0.15, -0.1) is 0 Å². The van der Waals surface area contributed by atoms with Gasteiger partial charge in [-0.3, -0.25) is 29.1 Å². The van der Waals surface area contributed by atoms with E-state index in [2.05, 4.69) is 54.4 Å². The molecule has 6 aromatic rings. The SMILES string of the molecule is CNC(=O)c1cc(C(=O)C[C@H]2C[C@@H]2C)cc([C@@H](C)c2cncc3[nH]ccc23)n1.CNC(=O)c1cc(C(=O)C[C@H]2C[C@@H]2C)cc([C@H](C)c2cncc3[nH]ccc23)n1. The summed E-state index contributed by atoms with van der Waals surface area (Å²) in [4.78, 5) is 74.2. The molecule has 2 aliphatic rings. The van der Waals surface area contributed by atoms with Crippen molar-refractivity contribution in [1.82, 2.24) is 40.5 Å². The van der Waals surface area contributed by atoms with Crippen LogP contribution in [0.1, 0.15) is 129 Å². The van der Waals surface area contributed by atoms with Crippen molar-refractivity contribution in [3.8, 4) is 0 Å². The Morgan fingerprint density at radius 1 is 0.661 bits per heavy atom. The van der Waals surface area contributed by atoms with E-state index in [1.54, 1.807) is 38.6 Å². The molecule has 56 heavy (non-hydrogen) atoms. The van der Waals surface area contributed by atoms with Crippen molar-refractivity contribution in [2.75, 3.05) is 14.1 Å². The van der Waals surface area contributed by atoms with E-state index in [0.29, 0.717) is 59.0 Å². The predicted octanol–water partition coefficient (Wildman–Crippen LogP) is 7.40. The fourth-order valence-electron chi connectivity index (χ4n) is 7.45. The van der Waals surface area contributed by atoms with E-state index in [1.807, 2.05) is 62.9 Å². The van der Waals surface area contributed by atoms with Crippen LogP contribution >= 0.6 is 0 Å². The molecule has 0 spiro atoms. The number of fused-ring (bicyclic) bond motifs is 2. The summed E-state index contributed by atoms with van der Waals surface area (Å²) in [6, 6.07) is 10.9. The van der Waals surface area contributed by atoms with Gasteiger partial charge in [-0.05, 0) is 84.0 Å². The molecule has 0 aromatic carbocycles. The van der Waals surface area contributed by atoms with E-state index in [-0.39, 0.29) is 46.6 Å². The Bertz CT molecular complexity index is 2280. The molecular formula is C44H48N8O4. The van der Waals surface area contributed by atoms with Crippen LogP contribution in [0.5, 0.6) is 0 Å². The lowest BCUT2D eigenvalue weighted by Gasteiger charge is -2.15. The minimum absolute atomic E-state index is 0.0772. The summed E-state index contributed by atoms with van der Waals surface area (Å²) in [6.07, 6.45) is 14.2. The monoisotopic (exact) mass is 752 g/mol. The summed E-state index contributed by atoms with van der Waals surface area (Å²) < 4.78 is 0. The van der Waals surface area contributed by atoms with Gasteiger partial charge in [0.2, 0.25) is 0 Å². The van der Waals surface area contributed by atoms with Crippen molar-refractivity contribution in [3.63, 3.8) is 0 Å². The van der Waals surface area contributed by atoms with Gasteiger partial charge in [-0.1, -0.05) is 27.7 Å². The molecule has 6 aromatic heterocycles. The van der Waals surface area contributed by atoms with Gasteiger partial charge in [0.25, 0.3) is 11.8 Å². The fourth-order valence-corrected chi connectivity index (χ4v) is 7.45. The van der Waals surface area contributed by atoms with Crippen molar-refractivity contribution in [1.29, 1.82) is 0 Å². The maximum absolute atomic E-state index is 12.8. The van der Waals surface area contributed by atoms with Gasteiger partial charge in [-0.2, -0.15) is 0 Å². The molecule has 6 atom stereocenters. The van der Waals surface area contributed by atoms with Crippen LogP contribution in [0.25, 0.3) is 21.8 Å². The van der Waals surface area contributed by atoms with Gasteiger partial charge in [0.15, 0.2) is 11.6 Å². The Labute approximate surface area is 325 Å². The summed E-state index contributed by atoms with van der Waals surface area (Å²) in [5, 5.41) is 7.35. The smallest absolute Gasteiger partial charge is 0.269 e. The molecule has 4 N–H and O–H groups in total. The first-order valence-corrected chi connectivity index (χ1v) is 19.3. The number of Topliss-reactive ketones (excluding diaryl/α,β-unsaturated/α-hetero) is 2. The minimum atomic E-state index is -0.291. The van der Waals surface area contributed by atoms with Gasteiger partial charge in [0.1, 0.15) is 11.4 Å². The molecule has 2 saturated carbocycles. The van der Waals surface area contributed by atoms with Gasteiger partial charge >= 0.3 is 0 Å². The average Bonchev–Trinajstić information content (AvgIpc) is 3.89. The first-order valence-electron chi connectivity index (χ1n) is 19.3. The van der Waals surface area contributed by atoms with Crippen LogP contribution in [0.15, 0.2) is 73.6 Å². The zero-order chi connectivity index (χ0) is 39.7. The van der Waals surface area contributed by atoms with E-state index in [4.69, 9.17) is 0 Å². The topological polar surface area (TPSA) is 175 Å². The number of carbonyl (C=O) groups excluding carboxylic acids is 4. The summed E-state index contributed by atoms with van der Waals surface area (Å²) in [5.41, 5.74) is 6.97. The van der Waals surface area contributed by atoms with Crippen LogP contribution in [0.2, 0.25) is 0 Å². The molecule has 6 heterocycles. The van der Waals surface area contributed by atoms with Crippen molar-refractivity contribution >= 4 is 45.2 Å². The molecule has 0 saturated heterocycles. The van der Waals surface area contributed by atoms with E-state index in [0.717, 1.165) is 45.8 Å². The molecule has 0 bridgehead atoms. The number of aromatic amines is 2. The molecule has 0 aliphatic heterocycles. The van der Waals surface area contributed by atoms with Gasteiger partial charge in [0.05, 0.1) is 23.4 Å². The molecule has 2 aliphatic carbocycles. The Kier molecular flexibility index (Phi) is 10.9. The lowest BCUT2D eigenvalue weighted by atomic mass is 9.93. The van der Waals surface area contributed by atoms with E-state index in [9.17, 15) is 19.2 Å². The summed E-state index contributed by atoms with van der Waals surface area (Å²) >= 11 is 0. The van der Waals surface area contributed by atoms with Crippen LogP contribution in [0, 0.1) is 23.7 Å². The summed E-state index contributed by atoms with van der Waals surface area (Å²) in [5.74, 6) is 1.50. The highest BCUT2D eigenvalue weighted by molar-refractivity contribution is 6.01. The van der Waals surface area contributed by atoms with E-state index in [1.165, 1.54) is 0 Å². The molecule has 288 valence electrons. The van der Waals surface area contributed by atoms with E-state index < -0.39 is 0 Å². The minimum Gasteiger partial charge on any atom is -0.360 e. The Morgan fingerprint density at radius 3 is 1.41 bits per heavy atom. The molecule has 0 radical (unpaired) electrons. The van der Waals surface area contributed by atoms with Crippen LogP contribution in [0.4, 0.5) is 0 Å². The van der Waals surface area contributed by atoms with Gasteiger partial charge in [-0.25, -0.2) is 9.97 Å². The number of nitrogens with zero attached hydrogens (tertiary/aromatic N) is 4. The average molecular weight is 753 g/mol. The van der Waals surface area contributed by atoms with Crippen molar-refractivity contribution in [3.05, 3.63) is 119 Å².